The molecule has 0 fully saturated rings. The van der Waals surface area contributed by atoms with Crippen molar-refractivity contribution in [1.82, 2.24) is 5.32 Å². The molecular weight excluding hydrogens is 306 g/mol. The minimum Gasteiger partial charge on any atom is -0.309 e. The van der Waals surface area contributed by atoms with Gasteiger partial charge in [0, 0.05) is 34.6 Å². The van der Waals surface area contributed by atoms with Crippen molar-refractivity contribution in [3.63, 3.8) is 0 Å². The zero-order valence-corrected chi connectivity index (χ0v) is 14.6. The summed E-state index contributed by atoms with van der Waals surface area (Å²) in [5, 5.41) is 3.32. The summed E-state index contributed by atoms with van der Waals surface area (Å²) in [6.07, 6.45) is 2.17. The van der Waals surface area contributed by atoms with Crippen molar-refractivity contribution in [1.29, 1.82) is 0 Å². The Morgan fingerprint density at radius 3 is 2.29 bits per heavy atom. The number of hydrogen-bond donors (Lipinski definition) is 1. The van der Waals surface area contributed by atoms with Crippen LogP contribution in [0.15, 0.2) is 24.3 Å². The van der Waals surface area contributed by atoms with Gasteiger partial charge in [-0.2, -0.15) is 0 Å². The molecule has 2 unspecified atom stereocenters. The molecule has 0 aliphatic rings. The summed E-state index contributed by atoms with van der Waals surface area (Å²) in [5.74, 6) is 0.621. The van der Waals surface area contributed by atoms with Crippen LogP contribution in [-0.4, -0.2) is 42.7 Å². The molecule has 0 bridgehead atoms. The molecule has 2 atom stereocenters. The summed E-state index contributed by atoms with van der Waals surface area (Å²) in [6.45, 7) is 4.90. The Morgan fingerprint density at radius 2 is 1.81 bits per heavy atom. The van der Waals surface area contributed by atoms with Crippen molar-refractivity contribution in [3.8, 4) is 0 Å². The first-order valence-electron chi connectivity index (χ1n) is 7.20. The van der Waals surface area contributed by atoms with Crippen molar-refractivity contribution in [2.75, 3.05) is 30.1 Å². The second kappa shape index (κ2) is 8.66. The van der Waals surface area contributed by atoms with Crippen LogP contribution in [0.1, 0.15) is 31.0 Å². The van der Waals surface area contributed by atoms with Crippen LogP contribution in [0.4, 0.5) is 0 Å². The number of sulfone groups is 1. The van der Waals surface area contributed by atoms with Gasteiger partial charge in [-0.25, -0.2) is 8.42 Å². The fourth-order valence-electron chi connectivity index (χ4n) is 2.02. The third-order valence-electron chi connectivity index (χ3n) is 3.28. The Hall–Kier alpha value is -0.720. The lowest BCUT2D eigenvalue weighted by atomic mass is 10.1. The van der Waals surface area contributed by atoms with Crippen LogP contribution in [0.25, 0.3) is 0 Å². The van der Waals surface area contributed by atoms with Gasteiger partial charge in [0.2, 0.25) is 0 Å². The molecule has 0 saturated carbocycles. The first kappa shape index (κ1) is 18.3. The molecular formula is C15H25NO3S2. The standard InChI is InChI=1S/C15H25NO3S2/c1-4-13-6-8-14(9-7-13)15(16-5-2)12-20(17)10-11-21(3,18)19/h6-9,15-16H,4-5,10-12H2,1-3H3. The summed E-state index contributed by atoms with van der Waals surface area (Å²) >= 11 is 0. The van der Waals surface area contributed by atoms with E-state index in [-0.39, 0.29) is 17.5 Å². The number of rotatable bonds is 9. The number of aryl methyl sites for hydroxylation is 1. The van der Waals surface area contributed by atoms with Gasteiger partial charge in [0.15, 0.2) is 0 Å². The maximum Gasteiger partial charge on any atom is 0.148 e. The highest BCUT2D eigenvalue weighted by Gasteiger charge is 2.15. The topological polar surface area (TPSA) is 63.2 Å². The number of nitrogens with one attached hydrogen (secondary N) is 1. The molecule has 0 aromatic heterocycles. The third kappa shape index (κ3) is 7.20. The average molecular weight is 332 g/mol. The first-order valence-corrected chi connectivity index (χ1v) is 10.8. The van der Waals surface area contributed by atoms with E-state index in [2.05, 4.69) is 36.5 Å². The molecule has 0 radical (unpaired) electrons. The Kier molecular flexibility index (Phi) is 7.56. The summed E-state index contributed by atoms with van der Waals surface area (Å²) in [7, 11) is -4.20. The second-order valence-electron chi connectivity index (χ2n) is 5.15. The third-order valence-corrected chi connectivity index (χ3v) is 5.84. The number of hydrogen-bond acceptors (Lipinski definition) is 4. The van der Waals surface area contributed by atoms with Crippen LogP contribution in [-0.2, 0) is 27.1 Å². The van der Waals surface area contributed by atoms with E-state index in [0.717, 1.165) is 18.5 Å². The SMILES string of the molecule is CCNC(CS(=O)CCS(C)(=O)=O)c1ccc(CC)cc1. The maximum atomic E-state index is 12.1. The highest BCUT2D eigenvalue weighted by molar-refractivity contribution is 7.92. The summed E-state index contributed by atoms with van der Waals surface area (Å²) in [4.78, 5) is 0. The van der Waals surface area contributed by atoms with E-state index in [1.807, 2.05) is 6.92 Å². The zero-order chi connectivity index (χ0) is 15.9. The molecule has 0 aliphatic heterocycles. The van der Waals surface area contributed by atoms with E-state index < -0.39 is 20.6 Å². The highest BCUT2D eigenvalue weighted by Crippen LogP contribution is 2.16. The van der Waals surface area contributed by atoms with Gasteiger partial charge in [-0.1, -0.05) is 38.1 Å². The van der Waals surface area contributed by atoms with Crippen LogP contribution < -0.4 is 5.32 Å². The molecule has 1 aromatic carbocycles. The van der Waals surface area contributed by atoms with Crippen LogP contribution in [0.2, 0.25) is 0 Å². The Morgan fingerprint density at radius 1 is 1.19 bits per heavy atom. The maximum absolute atomic E-state index is 12.1. The molecule has 0 amide bonds. The molecule has 0 aliphatic carbocycles. The van der Waals surface area contributed by atoms with Crippen molar-refractivity contribution in [2.24, 2.45) is 0 Å². The van der Waals surface area contributed by atoms with E-state index in [9.17, 15) is 12.6 Å². The van der Waals surface area contributed by atoms with Gasteiger partial charge < -0.3 is 5.32 Å². The smallest absolute Gasteiger partial charge is 0.148 e. The van der Waals surface area contributed by atoms with E-state index in [1.165, 1.54) is 11.8 Å². The molecule has 0 heterocycles. The molecule has 1 N–H and O–H groups in total. The monoisotopic (exact) mass is 331 g/mol. The van der Waals surface area contributed by atoms with E-state index in [1.54, 1.807) is 0 Å². The summed E-state index contributed by atoms with van der Waals surface area (Å²) in [5.41, 5.74) is 2.37. The summed E-state index contributed by atoms with van der Waals surface area (Å²) < 4.78 is 34.4. The molecule has 1 aromatic rings. The highest BCUT2D eigenvalue weighted by atomic mass is 32.2. The van der Waals surface area contributed by atoms with E-state index in [0.29, 0.717) is 5.75 Å². The largest absolute Gasteiger partial charge is 0.309 e. The minimum atomic E-state index is -3.05. The fraction of sp³-hybridized carbons (Fsp3) is 0.600. The van der Waals surface area contributed by atoms with Gasteiger partial charge in [-0.3, -0.25) is 4.21 Å². The fourth-order valence-corrected chi connectivity index (χ4v) is 4.82. The predicted octanol–water partition coefficient (Wildman–Crippen LogP) is 1.69. The normalized spacial score (nSPS) is 14.8. The van der Waals surface area contributed by atoms with Crippen LogP contribution >= 0.6 is 0 Å². The average Bonchev–Trinajstić information content (AvgIpc) is 2.44. The molecule has 0 saturated heterocycles. The lowest BCUT2D eigenvalue weighted by molar-refractivity contribution is 0.592. The molecule has 4 nitrogen and oxygen atoms in total. The van der Waals surface area contributed by atoms with Gasteiger partial charge in [-0.15, -0.1) is 0 Å². The van der Waals surface area contributed by atoms with E-state index >= 15 is 0 Å². The van der Waals surface area contributed by atoms with Crippen molar-refractivity contribution in [3.05, 3.63) is 35.4 Å². The Labute approximate surface area is 130 Å². The Bertz CT molecular complexity index is 553. The van der Waals surface area contributed by atoms with Gasteiger partial charge in [0.05, 0.1) is 5.75 Å². The molecule has 1 rings (SSSR count). The lowest BCUT2D eigenvalue weighted by Gasteiger charge is -2.18. The molecule has 21 heavy (non-hydrogen) atoms. The second-order valence-corrected chi connectivity index (χ2v) is 9.03. The van der Waals surface area contributed by atoms with Gasteiger partial charge >= 0.3 is 0 Å². The van der Waals surface area contributed by atoms with E-state index in [4.69, 9.17) is 0 Å². The van der Waals surface area contributed by atoms with Crippen molar-refractivity contribution < 1.29 is 12.6 Å². The Balaban J connectivity index is 2.70. The van der Waals surface area contributed by atoms with Crippen molar-refractivity contribution >= 4 is 20.6 Å². The van der Waals surface area contributed by atoms with Crippen LogP contribution in [0.3, 0.4) is 0 Å². The van der Waals surface area contributed by atoms with Crippen LogP contribution in [0, 0.1) is 0 Å². The number of benzene rings is 1. The first-order chi connectivity index (χ1) is 9.85. The quantitative estimate of drug-likeness (QED) is 0.748. The predicted molar refractivity (Wildman–Crippen MR) is 89.8 cm³/mol. The van der Waals surface area contributed by atoms with Gasteiger partial charge in [-0.05, 0) is 24.1 Å². The lowest BCUT2D eigenvalue weighted by Crippen LogP contribution is -2.27. The van der Waals surface area contributed by atoms with Crippen LogP contribution in [0.5, 0.6) is 0 Å². The summed E-state index contributed by atoms with van der Waals surface area (Å²) in [6, 6.07) is 8.28. The van der Waals surface area contributed by atoms with Crippen molar-refractivity contribution in [2.45, 2.75) is 26.3 Å². The van der Waals surface area contributed by atoms with Gasteiger partial charge in [0.25, 0.3) is 0 Å². The molecule has 0 spiro atoms. The molecule has 120 valence electrons. The van der Waals surface area contributed by atoms with Gasteiger partial charge in [0.1, 0.15) is 9.84 Å². The molecule has 6 heteroatoms. The zero-order valence-electron chi connectivity index (χ0n) is 13.0. The minimum absolute atomic E-state index is 0.00120.